The number of hydrogen-bond acceptors (Lipinski definition) is 2. The highest BCUT2D eigenvalue weighted by atomic mass is 15.1. The number of fused-ring (bicyclic) bond motifs is 2. The molecule has 10 aromatic rings. The largest absolute Gasteiger partial charge is 0.310 e. The molecule has 2 nitrogen and oxygen atoms in total. The first-order valence-electron chi connectivity index (χ1n) is 22.1. The zero-order chi connectivity index (χ0) is 43.6. The first-order chi connectivity index (χ1) is 31.3. The van der Waals surface area contributed by atoms with Gasteiger partial charge in [0.25, 0.3) is 0 Å². The van der Waals surface area contributed by atoms with Gasteiger partial charge < -0.3 is 9.80 Å². The van der Waals surface area contributed by atoms with Gasteiger partial charge in [-0.25, -0.2) is 0 Å². The van der Waals surface area contributed by atoms with Crippen molar-refractivity contribution in [3.05, 3.63) is 252 Å². The summed E-state index contributed by atoms with van der Waals surface area (Å²) in [6.07, 6.45) is 4.38. The van der Waals surface area contributed by atoms with Crippen molar-refractivity contribution in [3.63, 3.8) is 0 Å². The predicted octanol–water partition coefficient (Wildman–Crippen LogP) is 17.7. The Bertz CT molecular complexity index is 3010. The molecule has 0 fully saturated rings. The van der Waals surface area contributed by atoms with E-state index >= 15 is 0 Å². The summed E-state index contributed by atoms with van der Waals surface area (Å²) in [5.74, 6) is 0. The average Bonchev–Trinajstić information content (AvgIpc) is 3.31. The second-order valence-electron chi connectivity index (χ2n) is 17.0. The molecule has 0 saturated heterocycles. The van der Waals surface area contributed by atoms with Crippen LogP contribution in [0.5, 0.6) is 0 Å². The zero-order valence-corrected chi connectivity index (χ0v) is 36.8. The van der Waals surface area contributed by atoms with Gasteiger partial charge in [0.2, 0.25) is 0 Å². The molecule has 0 aromatic heterocycles. The van der Waals surface area contributed by atoms with Gasteiger partial charge in [-0.05, 0) is 155 Å². The summed E-state index contributed by atoms with van der Waals surface area (Å²) in [7, 11) is 0. The van der Waals surface area contributed by atoms with E-state index in [0.29, 0.717) is 0 Å². The summed E-state index contributed by atoms with van der Waals surface area (Å²) in [6.45, 7) is 8.69. The third-order valence-corrected chi connectivity index (χ3v) is 12.2. The molecular formula is C62H50N2. The minimum absolute atomic E-state index is 1.13. The predicted molar refractivity (Wildman–Crippen MR) is 276 cm³/mol. The van der Waals surface area contributed by atoms with Crippen molar-refractivity contribution in [1.29, 1.82) is 0 Å². The molecule has 0 aliphatic carbocycles. The number of hydrogen-bond donors (Lipinski definition) is 0. The lowest BCUT2D eigenvalue weighted by molar-refractivity contribution is 1.26. The molecule has 0 bridgehead atoms. The van der Waals surface area contributed by atoms with Crippen LogP contribution in [0.4, 0.5) is 34.1 Å². The molecule has 10 aromatic carbocycles. The summed E-state index contributed by atoms with van der Waals surface area (Å²) in [4.78, 5) is 4.77. The first-order valence-corrected chi connectivity index (χ1v) is 22.1. The topological polar surface area (TPSA) is 6.48 Å². The van der Waals surface area contributed by atoms with Gasteiger partial charge >= 0.3 is 0 Å². The van der Waals surface area contributed by atoms with Crippen LogP contribution in [0, 0.1) is 27.7 Å². The molecule has 0 heterocycles. The van der Waals surface area contributed by atoms with Crippen LogP contribution in [0.25, 0.3) is 56.0 Å². The molecule has 64 heavy (non-hydrogen) atoms. The van der Waals surface area contributed by atoms with Gasteiger partial charge in [0.05, 0.1) is 11.4 Å². The number of nitrogens with zero attached hydrogens (tertiary/aromatic N) is 2. The highest BCUT2D eigenvalue weighted by Crippen LogP contribution is 2.42. The molecule has 2 heteroatoms. The number of rotatable bonds is 10. The lowest BCUT2D eigenvalue weighted by Gasteiger charge is -2.27. The molecular weight excluding hydrogens is 773 g/mol. The quantitative estimate of drug-likeness (QED) is 0.127. The lowest BCUT2D eigenvalue weighted by Crippen LogP contribution is -2.11. The van der Waals surface area contributed by atoms with Crippen molar-refractivity contribution >= 4 is 67.8 Å². The molecule has 0 spiro atoms. The maximum absolute atomic E-state index is 2.39. The summed E-state index contributed by atoms with van der Waals surface area (Å²) >= 11 is 0. The fraction of sp³-hybridized carbons (Fsp3) is 0.0645. The van der Waals surface area contributed by atoms with E-state index in [1.165, 1.54) is 77.4 Å². The van der Waals surface area contributed by atoms with E-state index in [4.69, 9.17) is 0 Å². The van der Waals surface area contributed by atoms with E-state index < -0.39 is 0 Å². The van der Waals surface area contributed by atoms with Gasteiger partial charge in [-0.15, -0.1) is 0 Å². The second kappa shape index (κ2) is 17.4. The van der Waals surface area contributed by atoms with Crippen molar-refractivity contribution in [1.82, 2.24) is 0 Å². The van der Waals surface area contributed by atoms with Gasteiger partial charge in [0.15, 0.2) is 0 Å². The van der Waals surface area contributed by atoms with Crippen LogP contribution in [0.15, 0.2) is 218 Å². The Labute approximate surface area is 377 Å². The minimum Gasteiger partial charge on any atom is -0.310 e. The molecule has 0 amide bonds. The van der Waals surface area contributed by atoms with Crippen molar-refractivity contribution in [3.8, 4) is 22.3 Å². The average molecular weight is 823 g/mol. The van der Waals surface area contributed by atoms with Gasteiger partial charge in [-0.2, -0.15) is 0 Å². The third-order valence-electron chi connectivity index (χ3n) is 12.2. The van der Waals surface area contributed by atoms with Crippen molar-refractivity contribution in [2.45, 2.75) is 27.7 Å². The van der Waals surface area contributed by atoms with Crippen LogP contribution in [0.1, 0.15) is 33.4 Å². The fourth-order valence-corrected chi connectivity index (χ4v) is 9.19. The Hall–Kier alpha value is -7.94. The van der Waals surface area contributed by atoms with Crippen LogP contribution in [-0.4, -0.2) is 0 Å². The van der Waals surface area contributed by atoms with E-state index in [-0.39, 0.29) is 0 Å². The van der Waals surface area contributed by atoms with Gasteiger partial charge in [-0.1, -0.05) is 170 Å². The molecule has 0 saturated carbocycles. The monoisotopic (exact) mass is 822 g/mol. The Morgan fingerprint density at radius 2 is 0.594 bits per heavy atom. The number of aryl methyl sites for hydroxylation is 4. The molecule has 0 aliphatic rings. The zero-order valence-electron chi connectivity index (χ0n) is 36.8. The lowest BCUT2D eigenvalue weighted by atomic mass is 10.0. The Kier molecular flexibility index (Phi) is 10.9. The third kappa shape index (κ3) is 8.34. The van der Waals surface area contributed by atoms with Gasteiger partial charge in [0.1, 0.15) is 0 Å². The van der Waals surface area contributed by atoms with Gasteiger partial charge in [-0.3, -0.25) is 0 Å². The fourth-order valence-electron chi connectivity index (χ4n) is 9.19. The SMILES string of the molecule is Cc1cc(C)cc(N(c2ccc(-c3ccc(/C=C/c4ccc(-c5ccc(N(c6cc(C)cc(C)c6)c6cccc7ccccc67)cc5)cc4)cc3)cc2)c2cccc3ccccc23)c1. The summed E-state index contributed by atoms with van der Waals surface area (Å²) in [5, 5.41) is 4.92. The van der Waals surface area contributed by atoms with Crippen LogP contribution in [0.3, 0.4) is 0 Å². The van der Waals surface area contributed by atoms with E-state index in [0.717, 1.165) is 33.9 Å². The van der Waals surface area contributed by atoms with E-state index in [1.54, 1.807) is 0 Å². The molecule has 0 N–H and O–H groups in total. The molecule has 0 unspecified atom stereocenters. The molecule has 0 radical (unpaired) electrons. The molecule has 308 valence electrons. The highest BCUT2D eigenvalue weighted by Gasteiger charge is 2.18. The van der Waals surface area contributed by atoms with E-state index in [2.05, 4.69) is 268 Å². The Balaban J connectivity index is 0.854. The molecule has 0 aliphatic heterocycles. The van der Waals surface area contributed by atoms with Crippen molar-refractivity contribution < 1.29 is 0 Å². The van der Waals surface area contributed by atoms with Crippen LogP contribution in [0.2, 0.25) is 0 Å². The maximum Gasteiger partial charge on any atom is 0.0540 e. The highest BCUT2D eigenvalue weighted by molar-refractivity contribution is 6.00. The normalized spacial score (nSPS) is 11.4. The Morgan fingerprint density at radius 3 is 0.953 bits per heavy atom. The maximum atomic E-state index is 2.39. The van der Waals surface area contributed by atoms with E-state index in [9.17, 15) is 0 Å². The summed E-state index contributed by atoms with van der Waals surface area (Å²) in [5.41, 5.74) is 19.0. The number of benzene rings is 10. The van der Waals surface area contributed by atoms with E-state index in [1.807, 2.05) is 0 Å². The Morgan fingerprint density at radius 1 is 0.281 bits per heavy atom. The second-order valence-corrected chi connectivity index (χ2v) is 17.0. The summed E-state index contributed by atoms with van der Waals surface area (Å²) in [6, 6.07) is 79.6. The summed E-state index contributed by atoms with van der Waals surface area (Å²) < 4.78 is 0. The minimum atomic E-state index is 1.13. The van der Waals surface area contributed by atoms with Crippen LogP contribution < -0.4 is 9.80 Å². The smallest absolute Gasteiger partial charge is 0.0540 e. The molecule has 10 rings (SSSR count). The number of anilines is 6. The van der Waals surface area contributed by atoms with Gasteiger partial charge in [0, 0.05) is 33.5 Å². The standard InChI is InChI=1S/C62H50N2/c1-43-37-44(2)40-57(39-43)63(61-17-9-13-53-11-5-7-15-59(53)61)55-33-29-51(30-34-55)49-25-21-47(22-26-49)19-20-48-23-27-50(28-24-48)52-31-35-56(36-32-52)64(58-41-45(3)38-46(4)42-58)62-18-10-14-54-12-6-8-16-60(54)62/h5-42H,1-4H3/b20-19+. The van der Waals surface area contributed by atoms with Crippen molar-refractivity contribution in [2.75, 3.05) is 9.80 Å². The van der Waals surface area contributed by atoms with Crippen molar-refractivity contribution in [2.24, 2.45) is 0 Å². The molecule has 0 atom stereocenters. The van der Waals surface area contributed by atoms with Crippen LogP contribution in [-0.2, 0) is 0 Å². The first kappa shape index (κ1) is 40.2. The van der Waals surface area contributed by atoms with Crippen LogP contribution >= 0.6 is 0 Å².